The summed E-state index contributed by atoms with van der Waals surface area (Å²) < 4.78 is 7.05. The van der Waals surface area contributed by atoms with E-state index in [0.717, 1.165) is 5.56 Å². The molecule has 10 heteroatoms. The Labute approximate surface area is 188 Å². The van der Waals surface area contributed by atoms with Crippen molar-refractivity contribution in [2.45, 2.75) is 6.42 Å². The fourth-order valence-corrected chi connectivity index (χ4v) is 4.12. The van der Waals surface area contributed by atoms with Crippen LogP contribution in [-0.2, 0) is 11.2 Å². The van der Waals surface area contributed by atoms with Crippen molar-refractivity contribution in [2.75, 3.05) is 24.6 Å². The fourth-order valence-electron chi connectivity index (χ4n) is 4.12. The molecule has 2 aromatic carbocycles. The maximum Gasteiger partial charge on any atom is 0.398 e. The third-order valence-corrected chi connectivity index (χ3v) is 5.72. The van der Waals surface area contributed by atoms with E-state index in [1.54, 1.807) is 47.5 Å². The van der Waals surface area contributed by atoms with Crippen LogP contribution in [0.4, 0.5) is 11.5 Å². The number of aromatic nitrogens is 2. The monoisotopic (exact) mass is 445 g/mol. The van der Waals surface area contributed by atoms with Gasteiger partial charge in [0.05, 0.1) is 29.2 Å². The molecule has 1 aromatic heterocycles. The molecule has 0 spiro atoms. The second-order valence-corrected chi connectivity index (χ2v) is 7.64. The second-order valence-electron chi connectivity index (χ2n) is 7.64. The molecule has 0 radical (unpaired) electrons. The van der Waals surface area contributed by atoms with Crippen molar-refractivity contribution in [3.8, 4) is 22.6 Å². The number of amides is 2. The molecule has 0 bridgehead atoms. The highest BCUT2D eigenvalue weighted by Crippen LogP contribution is 2.36. The zero-order valence-corrected chi connectivity index (χ0v) is 17.5. The maximum absolute atomic E-state index is 12.3. The molecule has 33 heavy (non-hydrogen) atoms. The van der Waals surface area contributed by atoms with Gasteiger partial charge in [-0.25, -0.2) is 0 Å². The molecule has 3 aromatic rings. The molecule has 2 aliphatic heterocycles. The molecule has 0 fully saturated rings. The van der Waals surface area contributed by atoms with Crippen LogP contribution in [0.15, 0.2) is 55.3 Å². The van der Waals surface area contributed by atoms with Crippen LogP contribution in [0.2, 0.25) is 0 Å². The number of rotatable bonds is 4. The first-order chi connectivity index (χ1) is 16.0. The van der Waals surface area contributed by atoms with Crippen molar-refractivity contribution in [3.05, 3.63) is 76.5 Å². The van der Waals surface area contributed by atoms with E-state index < -0.39 is 4.92 Å². The average molecular weight is 445 g/mol. The van der Waals surface area contributed by atoms with Gasteiger partial charge in [-0.2, -0.15) is 0 Å². The van der Waals surface area contributed by atoms with Gasteiger partial charge in [0, 0.05) is 12.1 Å². The maximum atomic E-state index is 12.3. The normalized spacial score (nSPS) is 14.5. The van der Waals surface area contributed by atoms with E-state index in [0.29, 0.717) is 59.9 Å². The number of nitrogens with one attached hydrogen (secondary N) is 1. The molecule has 2 amide bonds. The number of ether oxygens (including phenoxy) is 1. The molecule has 5 rings (SSSR count). The lowest BCUT2D eigenvalue weighted by atomic mass is 9.96. The van der Waals surface area contributed by atoms with E-state index in [1.165, 1.54) is 10.8 Å². The van der Waals surface area contributed by atoms with Gasteiger partial charge in [0.15, 0.2) is 0 Å². The first kappa shape index (κ1) is 20.4. The second kappa shape index (κ2) is 7.90. The highest BCUT2D eigenvalue weighted by Gasteiger charge is 2.27. The summed E-state index contributed by atoms with van der Waals surface area (Å²) >= 11 is 0. The molecule has 0 saturated heterocycles. The number of carbonyl (C=O) groups excluding carboxylic acids is 2. The molecule has 0 unspecified atom stereocenters. The molecule has 10 nitrogen and oxygen atoms in total. The van der Waals surface area contributed by atoms with Crippen molar-refractivity contribution in [2.24, 2.45) is 0 Å². The lowest BCUT2D eigenvalue weighted by Gasteiger charge is -2.28. The van der Waals surface area contributed by atoms with E-state index in [2.05, 4.69) is 17.0 Å². The quantitative estimate of drug-likeness (QED) is 0.375. The number of carbonyl (C=O) groups is 2. The SMILES string of the molecule is C=CC(=O)N1CCOc2ccc(-n3cc(-c4ccc5c(c4)CCNC5=O)c([N+](=O)[O-])n3)cc21. The Kier molecular flexibility index (Phi) is 4.89. The number of hydrogen-bond acceptors (Lipinski definition) is 6. The van der Waals surface area contributed by atoms with Crippen LogP contribution < -0.4 is 15.0 Å². The van der Waals surface area contributed by atoms with Gasteiger partial charge in [-0.05, 0) is 58.9 Å². The zero-order valence-electron chi connectivity index (χ0n) is 17.5. The molecule has 0 saturated carbocycles. The fraction of sp³-hybridized carbons (Fsp3) is 0.174. The third-order valence-electron chi connectivity index (χ3n) is 5.72. The molecular weight excluding hydrogens is 426 g/mol. The Bertz CT molecular complexity index is 1330. The molecule has 3 heterocycles. The Morgan fingerprint density at radius 1 is 1.24 bits per heavy atom. The number of fused-ring (bicyclic) bond motifs is 2. The number of nitrogens with zero attached hydrogens (tertiary/aromatic N) is 4. The third kappa shape index (κ3) is 3.51. The van der Waals surface area contributed by atoms with Gasteiger partial charge >= 0.3 is 5.82 Å². The van der Waals surface area contributed by atoms with E-state index in [-0.39, 0.29) is 17.6 Å². The summed E-state index contributed by atoms with van der Waals surface area (Å²) in [6.07, 6.45) is 3.46. The first-order valence-corrected chi connectivity index (χ1v) is 10.3. The van der Waals surface area contributed by atoms with Crippen molar-refractivity contribution >= 4 is 23.3 Å². The van der Waals surface area contributed by atoms with Gasteiger partial charge in [0.25, 0.3) is 11.8 Å². The summed E-state index contributed by atoms with van der Waals surface area (Å²) in [5.74, 6) is -0.178. The van der Waals surface area contributed by atoms with Crippen LogP contribution in [-0.4, -0.2) is 46.2 Å². The molecule has 0 atom stereocenters. The number of benzene rings is 2. The van der Waals surface area contributed by atoms with E-state index >= 15 is 0 Å². The van der Waals surface area contributed by atoms with Crippen LogP contribution in [0.1, 0.15) is 15.9 Å². The van der Waals surface area contributed by atoms with E-state index in [1.807, 2.05) is 0 Å². The summed E-state index contributed by atoms with van der Waals surface area (Å²) in [4.78, 5) is 37.1. The standard InChI is InChI=1S/C23H19N5O5/c1-2-21(29)26-9-10-33-20-6-4-16(12-19(20)26)27-13-18(22(25-27)28(31)32)14-3-5-17-15(11-14)7-8-24-23(17)30/h2-6,11-13H,1,7-10H2,(H,24,30). The predicted molar refractivity (Wildman–Crippen MR) is 120 cm³/mol. The number of anilines is 1. The largest absolute Gasteiger partial charge is 0.490 e. The summed E-state index contributed by atoms with van der Waals surface area (Å²) in [5.41, 5.74) is 3.42. The summed E-state index contributed by atoms with van der Waals surface area (Å²) in [7, 11) is 0. The minimum atomic E-state index is -0.535. The van der Waals surface area contributed by atoms with E-state index in [9.17, 15) is 19.7 Å². The summed E-state index contributed by atoms with van der Waals surface area (Å²) in [6, 6.07) is 10.3. The molecule has 2 aliphatic rings. The minimum Gasteiger partial charge on any atom is -0.490 e. The van der Waals surface area contributed by atoms with Crippen LogP contribution in [0, 0.1) is 10.1 Å². The van der Waals surface area contributed by atoms with Crippen LogP contribution in [0.25, 0.3) is 16.8 Å². The topological polar surface area (TPSA) is 120 Å². The van der Waals surface area contributed by atoms with Crippen LogP contribution in [0.3, 0.4) is 0 Å². The molecule has 0 aliphatic carbocycles. The van der Waals surface area contributed by atoms with Crippen molar-refractivity contribution in [1.29, 1.82) is 0 Å². The predicted octanol–water partition coefficient (Wildman–Crippen LogP) is 2.64. The molecule has 1 N–H and O–H groups in total. The number of hydrogen-bond donors (Lipinski definition) is 1. The average Bonchev–Trinajstić information content (AvgIpc) is 3.29. The lowest BCUT2D eigenvalue weighted by molar-refractivity contribution is -0.389. The minimum absolute atomic E-state index is 0.150. The Balaban J connectivity index is 1.59. The van der Waals surface area contributed by atoms with E-state index in [4.69, 9.17) is 4.74 Å². The zero-order chi connectivity index (χ0) is 23.1. The molecular formula is C23H19N5O5. The highest BCUT2D eigenvalue weighted by atomic mass is 16.6. The summed E-state index contributed by atoms with van der Waals surface area (Å²) in [5, 5.41) is 18.8. The summed E-state index contributed by atoms with van der Waals surface area (Å²) in [6.45, 7) is 4.79. The lowest BCUT2D eigenvalue weighted by Crippen LogP contribution is -2.36. The van der Waals surface area contributed by atoms with Crippen molar-refractivity contribution in [1.82, 2.24) is 15.1 Å². The van der Waals surface area contributed by atoms with Gasteiger partial charge in [-0.3, -0.25) is 9.59 Å². The van der Waals surface area contributed by atoms with Crippen LogP contribution in [0.5, 0.6) is 5.75 Å². The number of nitro groups is 1. The Morgan fingerprint density at radius 2 is 2.09 bits per heavy atom. The smallest absolute Gasteiger partial charge is 0.398 e. The Morgan fingerprint density at radius 3 is 2.88 bits per heavy atom. The molecule has 166 valence electrons. The van der Waals surface area contributed by atoms with Gasteiger partial charge in [-0.1, -0.05) is 12.6 Å². The van der Waals surface area contributed by atoms with Gasteiger partial charge in [0.2, 0.25) is 0 Å². The van der Waals surface area contributed by atoms with Crippen LogP contribution >= 0.6 is 0 Å². The highest BCUT2D eigenvalue weighted by molar-refractivity contribution is 6.02. The van der Waals surface area contributed by atoms with Crippen molar-refractivity contribution < 1.29 is 19.2 Å². The van der Waals surface area contributed by atoms with Gasteiger partial charge in [0.1, 0.15) is 17.9 Å². The Hall–Kier alpha value is -4.47. The van der Waals surface area contributed by atoms with Gasteiger partial charge < -0.3 is 25.1 Å². The van der Waals surface area contributed by atoms with Gasteiger partial charge in [-0.15, -0.1) is 4.68 Å². The van der Waals surface area contributed by atoms with Crippen molar-refractivity contribution in [3.63, 3.8) is 0 Å². The first-order valence-electron chi connectivity index (χ1n) is 10.3.